The second kappa shape index (κ2) is 8.47. The van der Waals surface area contributed by atoms with Crippen molar-refractivity contribution in [2.24, 2.45) is 7.05 Å². The zero-order valence-electron chi connectivity index (χ0n) is 12.6. The summed E-state index contributed by atoms with van der Waals surface area (Å²) in [5.74, 6) is -0.0116. The Kier molecular flexibility index (Phi) is 6.96. The number of halogens is 1. The van der Waals surface area contributed by atoms with Crippen LogP contribution in [-0.4, -0.2) is 10.5 Å². The second-order valence-electron chi connectivity index (χ2n) is 5.10. The van der Waals surface area contributed by atoms with Crippen molar-refractivity contribution in [1.29, 1.82) is 0 Å². The quantitative estimate of drug-likeness (QED) is 0.704. The molecule has 21 heavy (non-hydrogen) atoms. The van der Waals surface area contributed by atoms with E-state index >= 15 is 0 Å². The van der Waals surface area contributed by atoms with Crippen molar-refractivity contribution in [3.8, 4) is 0 Å². The molecule has 0 aliphatic rings. The molecule has 0 saturated heterocycles. The van der Waals surface area contributed by atoms with Crippen molar-refractivity contribution < 1.29 is 21.8 Å². The van der Waals surface area contributed by atoms with Gasteiger partial charge in [-0.05, 0) is 30.5 Å². The summed E-state index contributed by atoms with van der Waals surface area (Å²) in [5.41, 5.74) is 2.18. The van der Waals surface area contributed by atoms with Crippen molar-refractivity contribution in [3.05, 3.63) is 48.5 Å². The lowest BCUT2D eigenvalue weighted by atomic mass is 10.1. The number of amides is 1. The molecule has 5 heteroatoms. The standard InChI is InChI=1S/C16H21N3O.ClH/c1-3-4-5-14-6-8-15(9-7-14)17-16(20)12-19-11-10-18(2)13-19;/h6-11,13H,3-5,12H2,1-2H3;1H. The number of aryl methyl sites for hydroxylation is 2. The van der Waals surface area contributed by atoms with Crippen LogP contribution < -0.4 is 22.3 Å². The first-order valence-corrected chi connectivity index (χ1v) is 7.07. The number of carbonyl (C=O) groups excluding carboxylic acids is 1. The van der Waals surface area contributed by atoms with Gasteiger partial charge in [0.25, 0.3) is 5.91 Å². The van der Waals surface area contributed by atoms with E-state index in [9.17, 15) is 4.79 Å². The summed E-state index contributed by atoms with van der Waals surface area (Å²) in [5, 5.41) is 2.91. The Morgan fingerprint density at radius 3 is 2.57 bits per heavy atom. The lowest BCUT2D eigenvalue weighted by Crippen LogP contribution is -3.00. The topological polar surface area (TPSA) is 37.9 Å². The molecule has 2 rings (SSSR count). The SMILES string of the molecule is CCCCc1ccc(NC(=O)Cn2cc[n+](C)c2)cc1.[Cl-]. The van der Waals surface area contributed by atoms with Crippen LogP contribution in [-0.2, 0) is 24.8 Å². The van der Waals surface area contributed by atoms with E-state index in [2.05, 4.69) is 24.4 Å². The highest BCUT2D eigenvalue weighted by molar-refractivity contribution is 5.90. The van der Waals surface area contributed by atoms with Crippen molar-refractivity contribution in [2.45, 2.75) is 32.7 Å². The van der Waals surface area contributed by atoms with Crippen LogP contribution in [0, 0.1) is 0 Å². The molecule has 114 valence electrons. The molecule has 2 aromatic rings. The fourth-order valence-corrected chi connectivity index (χ4v) is 2.10. The Morgan fingerprint density at radius 1 is 1.29 bits per heavy atom. The zero-order chi connectivity index (χ0) is 14.4. The highest BCUT2D eigenvalue weighted by atomic mass is 35.5. The third-order valence-corrected chi connectivity index (χ3v) is 3.21. The van der Waals surface area contributed by atoms with E-state index in [1.807, 2.05) is 47.0 Å². The Balaban J connectivity index is 0.00000220. The van der Waals surface area contributed by atoms with Crippen molar-refractivity contribution in [3.63, 3.8) is 0 Å². The molecule has 0 spiro atoms. The maximum atomic E-state index is 11.9. The molecule has 1 aromatic carbocycles. The zero-order valence-corrected chi connectivity index (χ0v) is 13.3. The summed E-state index contributed by atoms with van der Waals surface area (Å²) < 4.78 is 3.76. The van der Waals surface area contributed by atoms with Crippen LogP contribution in [0.5, 0.6) is 0 Å². The Bertz CT molecular complexity index is 563. The van der Waals surface area contributed by atoms with Crippen LogP contribution in [0.3, 0.4) is 0 Å². The van der Waals surface area contributed by atoms with E-state index in [0.29, 0.717) is 6.54 Å². The fraction of sp³-hybridized carbons (Fsp3) is 0.375. The van der Waals surface area contributed by atoms with Crippen LogP contribution in [0.2, 0.25) is 0 Å². The minimum absolute atomic E-state index is 0. The lowest BCUT2D eigenvalue weighted by molar-refractivity contribution is -0.671. The molecule has 0 saturated carbocycles. The number of unbranched alkanes of at least 4 members (excludes halogenated alkanes) is 1. The first-order chi connectivity index (χ1) is 9.67. The minimum Gasteiger partial charge on any atom is -1.00 e. The van der Waals surface area contributed by atoms with Gasteiger partial charge in [0.15, 0.2) is 6.54 Å². The number of benzene rings is 1. The largest absolute Gasteiger partial charge is 1.00 e. The van der Waals surface area contributed by atoms with Crippen molar-refractivity contribution in [2.75, 3.05) is 5.32 Å². The number of aromatic nitrogens is 2. The van der Waals surface area contributed by atoms with Gasteiger partial charge in [-0.15, -0.1) is 0 Å². The maximum absolute atomic E-state index is 11.9. The molecule has 0 bridgehead atoms. The number of imidazole rings is 1. The van der Waals surface area contributed by atoms with Gasteiger partial charge in [0.2, 0.25) is 6.33 Å². The van der Waals surface area contributed by atoms with Crippen LogP contribution in [0.1, 0.15) is 25.3 Å². The number of nitrogens with zero attached hydrogens (tertiary/aromatic N) is 2. The molecule has 1 amide bonds. The van der Waals surface area contributed by atoms with E-state index in [1.54, 1.807) is 0 Å². The highest BCUT2D eigenvalue weighted by Crippen LogP contribution is 2.11. The van der Waals surface area contributed by atoms with Gasteiger partial charge in [0, 0.05) is 5.69 Å². The Morgan fingerprint density at radius 2 is 2.00 bits per heavy atom. The summed E-state index contributed by atoms with van der Waals surface area (Å²) in [4.78, 5) is 11.9. The third-order valence-electron chi connectivity index (χ3n) is 3.21. The summed E-state index contributed by atoms with van der Waals surface area (Å²) in [7, 11) is 1.93. The predicted molar refractivity (Wildman–Crippen MR) is 79.3 cm³/mol. The van der Waals surface area contributed by atoms with E-state index in [1.165, 1.54) is 18.4 Å². The number of carbonyl (C=O) groups is 1. The average molecular weight is 308 g/mol. The predicted octanol–water partition coefficient (Wildman–Crippen LogP) is -0.702. The first kappa shape index (κ1) is 17.2. The van der Waals surface area contributed by atoms with Crippen molar-refractivity contribution in [1.82, 2.24) is 4.57 Å². The molecule has 0 fully saturated rings. The van der Waals surface area contributed by atoms with Crippen LogP contribution in [0.4, 0.5) is 5.69 Å². The van der Waals surface area contributed by atoms with Crippen LogP contribution in [0.15, 0.2) is 43.0 Å². The lowest BCUT2D eigenvalue weighted by Gasteiger charge is -2.05. The number of nitrogens with one attached hydrogen (secondary N) is 1. The molecular weight excluding hydrogens is 286 g/mol. The van der Waals surface area contributed by atoms with Gasteiger partial charge in [-0.25, -0.2) is 9.13 Å². The van der Waals surface area contributed by atoms with E-state index < -0.39 is 0 Å². The fourth-order valence-electron chi connectivity index (χ4n) is 2.10. The van der Waals surface area contributed by atoms with E-state index in [-0.39, 0.29) is 18.3 Å². The second-order valence-corrected chi connectivity index (χ2v) is 5.10. The monoisotopic (exact) mass is 307 g/mol. The normalized spacial score (nSPS) is 10.0. The number of hydrogen-bond acceptors (Lipinski definition) is 1. The maximum Gasteiger partial charge on any atom is 0.266 e. The van der Waals surface area contributed by atoms with Gasteiger partial charge in [-0.2, -0.15) is 0 Å². The third kappa shape index (κ3) is 5.60. The summed E-state index contributed by atoms with van der Waals surface area (Å²) in [6.07, 6.45) is 9.18. The van der Waals surface area contributed by atoms with Gasteiger partial charge in [0.1, 0.15) is 12.4 Å². The molecular formula is C16H22ClN3O. The molecule has 0 unspecified atom stereocenters. The number of rotatable bonds is 6. The van der Waals surface area contributed by atoms with Gasteiger partial charge < -0.3 is 17.7 Å². The minimum atomic E-state index is -0.0116. The molecule has 1 heterocycles. The van der Waals surface area contributed by atoms with Gasteiger partial charge in [-0.3, -0.25) is 4.79 Å². The van der Waals surface area contributed by atoms with Gasteiger partial charge >= 0.3 is 0 Å². The summed E-state index contributed by atoms with van der Waals surface area (Å²) >= 11 is 0. The summed E-state index contributed by atoms with van der Waals surface area (Å²) in [6, 6.07) is 8.11. The molecule has 4 nitrogen and oxygen atoms in total. The van der Waals surface area contributed by atoms with E-state index in [4.69, 9.17) is 0 Å². The Hall–Kier alpha value is -1.81. The highest BCUT2D eigenvalue weighted by Gasteiger charge is 2.08. The summed E-state index contributed by atoms with van der Waals surface area (Å²) in [6.45, 7) is 2.52. The molecule has 0 aliphatic carbocycles. The van der Waals surface area contributed by atoms with Gasteiger partial charge in [0.05, 0.1) is 7.05 Å². The number of anilines is 1. The van der Waals surface area contributed by atoms with Crippen LogP contribution in [0.25, 0.3) is 0 Å². The average Bonchev–Trinajstić information content (AvgIpc) is 2.83. The Labute approximate surface area is 132 Å². The van der Waals surface area contributed by atoms with Crippen LogP contribution >= 0.6 is 0 Å². The smallest absolute Gasteiger partial charge is 0.266 e. The molecule has 1 N–H and O–H groups in total. The van der Waals surface area contributed by atoms with Gasteiger partial charge in [-0.1, -0.05) is 25.5 Å². The molecule has 0 aliphatic heterocycles. The first-order valence-electron chi connectivity index (χ1n) is 7.07. The number of hydrogen-bond donors (Lipinski definition) is 1. The van der Waals surface area contributed by atoms with Crippen molar-refractivity contribution >= 4 is 11.6 Å². The molecule has 0 radical (unpaired) electrons. The molecule has 0 atom stereocenters. The van der Waals surface area contributed by atoms with E-state index in [0.717, 1.165) is 12.1 Å². The molecule has 1 aromatic heterocycles.